The Bertz CT molecular complexity index is 1560. The van der Waals surface area contributed by atoms with Crippen LogP contribution in [0, 0.1) is 22.7 Å². The lowest BCUT2D eigenvalue weighted by atomic mass is 10.0. The van der Waals surface area contributed by atoms with Gasteiger partial charge in [-0.15, -0.1) is 0 Å². The summed E-state index contributed by atoms with van der Waals surface area (Å²) in [6, 6.07) is 35.2. The Balaban J connectivity index is 0.000000230. The number of nitrogens with zero attached hydrogens (tertiary/aromatic N) is 3. The Kier molecular flexibility index (Phi) is 20.9. The molecule has 0 saturated carbocycles. The molecule has 52 heavy (non-hydrogen) atoms. The molecule has 4 aromatic carbocycles. The van der Waals surface area contributed by atoms with Crippen LogP contribution in [0.15, 0.2) is 97.1 Å². The molecule has 0 amide bonds. The highest BCUT2D eigenvalue weighted by Crippen LogP contribution is 2.24. The van der Waals surface area contributed by atoms with Crippen molar-refractivity contribution in [3.05, 3.63) is 108 Å². The number of ether oxygens (including phenoxy) is 4. The van der Waals surface area contributed by atoms with Crippen LogP contribution in [0.25, 0.3) is 22.3 Å². The number of nitriles is 2. The minimum atomic E-state index is 0.142. The van der Waals surface area contributed by atoms with E-state index in [1.54, 1.807) is 19.1 Å². The molecule has 10 nitrogen and oxygen atoms in total. The van der Waals surface area contributed by atoms with Crippen LogP contribution in [-0.2, 0) is 9.47 Å². The molecule has 0 aliphatic carbocycles. The largest absolute Gasteiger partial charge is 0.494 e. The molecule has 0 bridgehead atoms. The highest BCUT2D eigenvalue weighted by atomic mass is 16.5. The van der Waals surface area contributed by atoms with Gasteiger partial charge in [0.25, 0.3) is 0 Å². The first-order valence-corrected chi connectivity index (χ1v) is 17.9. The number of nitrogens with one attached hydrogen (secondary N) is 1. The number of hydrogen-bond donors (Lipinski definition) is 3. The molecule has 6 rings (SSSR count). The molecule has 2 aliphatic heterocycles. The first-order chi connectivity index (χ1) is 25.6. The third kappa shape index (κ3) is 16.5. The van der Waals surface area contributed by atoms with Crippen LogP contribution in [0.3, 0.4) is 0 Å². The average molecular weight is 709 g/mol. The molecule has 0 spiro atoms. The Morgan fingerprint density at radius 1 is 0.615 bits per heavy atom. The third-order valence-electron chi connectivity index (χ3n) is 7.81. The van der Waals surface area contributed by atoms with E-state index in [0.717, 1.165) is 106 Å². The van der Waals surface area contributed by atoms with Crippen molar-refractivity contribution in [1.82, 2.24) is 10.2 Å². The molecule has 0 aromatic heterocycles. The minimum Gasteiger partial charge on any atom is -0.494 e. The fourth-order valence-corrected chi connectivity index (χ4v) is 5.03. The molecule has 10 heteroatoms. The average Bonchev–Trinajstić information content (AvgIpc) is 3.22. The maximum absolute atomic E-state index is 8.85. The topological polar surface area (TPSA) is 140 Å². The van der Waals surface area contributed by atoms with E-state index in [9.17, 15) is 0 Å². The van der Waals surface area contributed by atoms with Crippen LogP contribution in [-0.4, -0.2) is 101 Å². The first-order valence-electron chi connectivity index (χ1n) is 17.9. The Morgan fingerprint density at radius 3 is 1.35 bits per heavy atom. The van der Waals surface area contributed by atoms with E-state index in [1.807, 2.05) is 72.8 Å². The number of aliphatic hydroxyl groups is 2. The molecule has 3 N–H and O–H groups in total. The number of morpholine rings is 2. The van der Waals surface area contributed by atoms with E-state index in [1.165, 1.54) is 0 Å². The molecule has 2 saturated heterocycles. The summed E-state index contributed by atoms with van der Waals surface area (Å²) in [5.41, 5.74) is 5.72. The van der Waals surface area contributed by atoms with Crippen LogP contribution in [0.1, 0.15) is 30.9 Å². The second-order valence-corrected chi connectivity index (χ2v) is 11.7. The second-order valence-electron chi connectivity index (χ2n) is 11.7. The molecule has 0 atom stereocenters. The summed E-state index contributed by atoms with van der Waals surface area (Å²) in [6.45, 7) is 12.0. The van der Waals surface area contributed by atoms with Gasteiger partial charge in [-0.3, -0.25) is 4.90 Å². The first kappa shape index (κ1) is 41.6. The number of hydrogen-bond acceptors (Lipinski definition) is 10. The predicted molar refractivity (Wildman–Crippen MR) is 204 cm³/mol. The number of rotatable bonds is 11. The van der Waals surface area contributed by atoms with Crippen molar-refractivity contribution in [3.8, 4) is 45.9 Å². The minimum absolute atomic E-state index is 0.142. The Labute approximate surface area is 308 Å². The normalized spacial score (nSPS) is 13.6. The molecule has 276 valence electrons. The zero-order chi connectivity index (χ0) is 37.1. The van der Waals surface area contributed by atoms with Crippen LogP contribution >= 0.6 is 0 Å². The standard InChI is InChI=1S/C20H22N2O2.C16H15NO2.C4H9NO.C2H6O/c21-16-17-2-4-18(5-3-17)19-6-8-20(9-7-19)24-13-1-10-22-11-14-23-15-12-22;17-12-13-2-4-14(5-3-13)15-6-8-16(9-7-15)19-11-1-10-18;1-3-6-4-2-5-1;1-2-3/h2-9H,1,10-15H2;2-9,18H,1,10-11H2;5H,1-4H2;3H,2H2,1H3. The van der Waals surface area contributed by atoms with Crippen molar-refractivity contribution in [2.45, 2.75) is 19.8 Å². The van der Waals surface area contributed by atoms with Crippen molar-refractivity contribution in [2.24, 2.45) is 0 Å². The summed E-state index contributed by atoms with van der Waals surface area (Å²) < 4.78 is 21.6. The quantitative estimate of drug-likeness (QED) is 0.161. The van der Waals surface area contributed by atoms with E-state index in [2.05, 4.69) is 34.5 Å². The fourth-order valence-electron chi connectivity index (χ4n) is 5.03. The van der Waals surface area contributed by atoms with Gasteiger partial charge in [0.2, 0.25) is 0 Å². The van der Waals surface area contributed by atoms with E-state index >= 15 is 0 Å². The van der Waals surface area contributed by atoms with Crippen molar-refractivity contribution < 1.29 is 29.2 Å². The zero-order valence-electron chi connectivity index (χ0n) is 30.2. The summed E-state index contributed by atoms with van der Waals surface area (Å²) in [5.74, 6) is 1.69. The molecule has 2 aliphatic rings. The van der Waals surface area contributed by atoms with Crippen molar-refractivity contribution in [2.75, 3.05) is 85.6 Å². The van der Waals surface area contributed by atoms with Crippen molar-refractivity contribution in [3.63, 3.8) is 0 Å². The fraction of sp³-hybridized carbons (Fsp3) is 0.381. The van der Waals surface area contributed by atoms with Gasteiger partial charge in [0, 0.05) is 52.4 Å². The molecule has 4 aromatic rings. The molecule has 2 heterocycles. The Morgan fingerprint density at radius 2 is 1.00 bits per heavy atom. The molecular formula is C42H52N4O6. The van der Waals surface area contributed by atoms with Gasteiger partial charge in [-0.1, -0.05) is 48.5 Å². The van der Waals surface area contributed by atoms with Gasteiger partial charge in [-0.05, 0) is 84.1 Å². The third-order valence-corrected chi connectivity index (χ3v) is 7.81. The summed E-state index contributed by atoms with van der Waals surface area (Å²) >= 11 is 0. The zero-order valence-corrected chi connectivity index (χ0v) is 30.2. The lowest BCUT2D eigenvalue weighted by molar-refractivity contribution is 0.0358. The summed E-state index contributed by atoms with van der Waals surface area (Å²) in [5, 5.41) is 37.0. The van der Waals surface area contributed by atoms with E-state index in [4.69, 9.17) is 39.7 Å². The van der Waals surface area contributed by atoms with Gasteiger partial charge in [0.1, 0.15) is 11.5 Å². The van der Waals surface area contributed by atoms with Gasteiger partial charge in [-0.2, -0.15) is 10.5 Å². The SMILES string of the molecule is C1COCCN1.CCO.N#Cc1ccc(-c2ccc(OCCCN3CCOCC3)cc2)cc1.N#Cc1ccc(-c2ccc(OCCCO)cc2)cc1. The van der Waals surface area contributed by atoms with Crippen LogP contribution in [0.5, 0.6) is 11.5 Å². The van der Waals surface area contributed by atoms with E-state index in [-0.39, 0.29) is 13.2 Å². The van der Waals surface area contributed by atoms with E-state index in [0.29, 0.717) is 24.2 Å². The number of aliphatic hydroxyl groups excluding tert-OH is 2. The second kappa shape index (κ2) is 26.1. The monoisotopic (exact) mass is 708 g/mol. The van der Waals surface area contributed by atoms with Gasteiger partial charge in [-0.25, -0.2) is 0 Å². The number of benzene rings is 4. The highest BCUT2D eigenvalue weighted by Gasteiger charge is 2.09. The molecule has 0 radical (unpaired) electrons. The van der Waals surface area contributed by atoms with Crippen molar-refractivity contribution in [1.29, 1.82) is 10.5 Å². The summed E-state index contributed by atoms with van der Waals surface area (Å²) in [4.78, 5) is 2.42. The van der Waals surface area contributed by atoms with Crippen LogP contribution in [0.4, 0.5) is 0 Å². The van der Waals surface area contributed by atoms with E-state index < -0.39 is 0 Å². The molecule has 0 unspecified atom stereocenters. The Hall–Kier alpha value is -4.78. The maximum atomic E-state index is 8.85. The van der Waals surface area contributed by atoms with Gasteiger partial charge < -0.3 is 34.5 Å². The predicted octanol–water partition coefficient (Wildman–Crippen LogP) is 5.92. The lowest BCUT2D eigenvalue weighted by Crippen LogP contribution is -2.37. The summed E-state index contributed by atoms with van der Waals surface area (Å²) in [6.07, 6.45) is 1.66. The van der Waals surface area contributed by atoms with Gasteiger partial charge in [0.05, 0.1) is 62.9 Å². The van der Waals surface area contributed by atoms with Crippen molar-refractivity contribution >= 4 is 0 Å². The maximum Gasteiger partial charge on any atom is 0.119 e. The van der Waals surface area contributed by atoms with Gasteiger partial charge in [0.15, 0.2) is 0 Å². The highest BCUT2D eigenvalue weighted by molar-refractivity contribution is 5.65. The van der Waals surface area contributed by atoms with Crippen LogP contribution in [0.2, 0.25) is 0 Å². The summed E-state index contributed by atoms with van der Waals surface area (Å²) in [7, 11) is 0. The van der Waals surface area contributed by atoms with Gasteiger partial charge >= 0.3 is 0 Å². The smallest absolute Gasteiger partial charge is 0.119 e. The molecular weight excluding hydrogens is 656 g/mol. The van der Waals surface area contributed by atoms with Crippen LogP contribution < -0.4 is 14.8 Å². The lowest BCUT2D eigenvalue weighted by Gasteiger charge is -2.26. The molecule has 2 fully saturated rings.